The van der Waals surface area contributed by atoms with Crippen LogP contribution in [0.4, 0.5) is 0 Å². The van der Waals surface area contributed by atoms with Crippen molar-refractivity contribution in [2.24, 2.45) is 11.7 Å². The van der Waals surface area contributed by atoms with Gasteiger partial charge < -0.3 is 15.4 Å². The van der Waals surface area contributed by atoms with Gasteiger partial charge in [-0.05, 0) is 18.1 Å². The van der Waals surface area contributed by atoms with E-state index in [1.54, 1.807) is 24.4 Å². The molecule has 0 aromatic carbocycles. The number of pyridine rings is 1. The fraction of sp³-hybridized carbons (Fsp3) is 0.533. The molecule has 1 aliphatic heterocycles. The van der Waals surface area contributed by atoms with Crippen LogP contribution in [0.2, 0.25) is 0 Å². The Morgan fingerprint density at radius 2 is 2.29 bits per heavy atom. The van der Waals surface area contributed by atoms with Crippen LogP contribution in [-0.2, 0) is 20.7 Å². The van der Waals surface area contributed by atoms with Gasteiger partial charge in [0.25, 0.3) is 0 Å². The van der Waals surface area contributed by atoms with Gasteiger partial charge in [0.2, 0.25) is 11.8 Å². The minimum Gasteiger partial charge on any atom is -0.379 e. The number of rotatable bonds is 6. The molecule has 6 nitrogen and oxygen atoms in total. The van der Waals surface area contributed by atoms with Gasteiger partial charge in [0.15, 0.2) is 0 Å². The van der Waals surface area contributed by atoms with Crippen molar-refractivity contribution in [2.45, 2.75) is 25.4 Å². The molecule has 2 rings (SSSR count). The third-order valence-corrected chi connectivity index (χ3v) is 3.85. The monoisotopic (exact) mass is 291 g/mol. The van der Waals surface area contributed by atoms with Crippen LogP contribution in [-0.4, -0.2) is 48.0 Å². The van der Waals surface area contributed by atoms with Crippen molar-refractivity contribution in [1.29, 1.82) is 0 Å². The summed E-state index contributed by atoms with van der Waals surface area (Å²) in [5.41, 5.74) is 6.28. The maximum atomic E-state index is 12.2. The van der Waals surface area contributed by atoms with Crippen molar-refractivity contribution in [2.75, 3.05) is 20.2 Å². The van der Waals surface area contributed by atoms with E-state index < -0.39 is 0 Å². The molecule has 1 aromatic heterocycles. The van der Waals surface area contributed by atoms with E-state index in [2.05, 4.69) is 4.98 Å². The topological polar surface area (TPSA) is 85.5 Å². The first kappa shape index (κ1) is 15.4. The number of primary amides is 1. The van der Waals surface area contributed by atoms with Crippen molar-refractivity contribution in [3.8, 4) is 0 Å². The summed E-state index contributed by atoms with van der Waals surface area (Å²) in [5.74, 6) is -0.283. The number of ether oxygens (including phenoxy) is 1. The molecule has 6 heteroatoms. The van der Waals surface area contributed by atoms with Crippen LogP contribution >= 0.6 is 0 Å². The Balaban J connectivity index is 1.87. The number of carbonyl (C=O) groups is 2. The fourth-order valence-corrected chi connectivity index (χ4v) is 2.72. The van der Waals surface area contributed by atoms with Crippen molar-refractivity contribution in [3.05, 3.63) is 30.1 Å². The second kappa shape index (κ2) is 7.17. The van der Waals surface area contributed by atoms with Gasteiger partial charge in [-0.15, -0.1) is 0 Å². The highest BCUT2D eigenvalue weighted by atomic mass is 16.5. The lowest BCUT2D eigenvalue weighted by Crippen LogP contribution is -2.30. The van der Waals surface area contributed by atoms with E-state index in [0.717, 1.165) is 5.56 Å². The van der Waals surface area contributed by atoms with E-state index in [4.69, 9.17) is 10.5 Å². The summed E-state index contributed by atoms with van der Waals surface area (Å²) in [6.45, 7) is 1.06. The summed E-state index contributed by atoms with van der Waals surface area (Å²) in [5, 5.41) is 0. The molecule has 1 aliphatic rings. The predicted octanol–water partition coefficient (Wildman–Crippen LogP) is 0.363. The summed E-state index contributed by atoms with van der Waals surface area (Å²) in [6.07, 6.45) is 4.73. The Morgan fingerprint density at radius 3 is 2.90 bits per heavy atom. The largest absolute Gasteiger partial charge is 0.379 e. The Bertz CT molecular complexity index is 492. The van der Waals surface area contributed by atoms with Crippen LogP contribution in [0.15, 0.2) is 24.5 Å². The third kappa shape index (κ3) is 4.26. The zero-order valence-corrected chi connectivity index (χ0v) is 12.2. The lowest BCUT2D eigenvalue weighted by molar-refractivity contribution is -0.130. The molecule has 2 atom stereocenters. The lowest BCUT2D eigenvalue weighted by atomic mass is 10.0. The molecule has 0 unspecified atom stereocenters. The lowest BCUT2D eigenvalue weighted by Gasteiger charge is -2.15. The van der Waals surface area contributed by atoms with E-state index in [0.29, 0.717) is 25.9 Å². The first-order chi connectivity index (χ1) is 10.1. The number of likely N-dealkylation sites (tertiary alicyclic amines) is 1. The molecule has 1 fully saturated rings. The van der Waals surface area contributed by atoms with Gasteiger partial charge in [-0.1, -0.05) is 6.07 Å². The smallest absolute Gasteiger partial charge is 0.223 e. The van der Waals surface area contributed by atoms with Crippen LogP contribution in [0.25, 0.3) is 0 Å². The molecule has 1 aromatic rings. The van der Waals surface area contributed by atoms with E-state index in [9.17, 15) is 9.59 Å². The van der Waals surface area contributed by atoms with Gasteiger partial charge in [0.1, 0.15) is 0 Å². The molecule has 0 spiro atoms. The van der Waals surface area contributed by atoms with Crippen molar-refractivity contribution >= 4 is 11.8 Å². The zero-order chi connectivity index (χ0) is 15.2. The van der Waals surface area contributed by atoms with Gasteiger partial charge in [0.05, 0.1) is 6.10 Å². The number of amides is 2. The SMILES string of the molecule is CO[C@H]1CN(C(=O)CCc2cccnc2)C[C@H]1CC(N)=O. The van der Waals surface area contributed by atoms with E-state index in [-0.39, 0.29) is 30.3 Å². The third-order valence-electron chi connectivity index (χ3n) is 3.85. The van der Waals surface area contributed by atoms with Gasteiger partial charge in [0, 0.05) is 51.4 Å². The van der Waals surface area contributed by atoms with Crippen LogP contribution in [0, 0.1) is 5.92 Å². The first-order valence-corrected chi connectivity index (χ1v) is 7.08. The average Bonchev–Trinajstić information content (AvgIpc) is 2.88. The van der Waals surface area contributed by atoms with Crippen LogP contribution in [0.3, 0.4) is 0 Å². The van der Waals surface area contributed by atoms with E-state index >= 15 is 0 Å². The van der Waals surface area contributed by atoms with Gasteiger partial charge in [-0.25, -0.2) is 0 Å². The highest BCUT2D eigenvalue weighted by Crippen LogP contribution is 2.23. The van der Waals surface area contributed by atoms with E-state index in [1.807, 2.05) is 12.1 Å². The van der Waals surface area contributed by atoms with E-state index in [1.165, 1.54) is 0 Å². The molecule has 0 saturated carbocycles. The molecule has 21 heavy (non-hydrogen) atoms. The van der Waals surface area contributed by atoms with Crippen molar-refractivity contribution in [1.82, 2.24) is 9.88 Å². The van der Waals surface area contributed by atoms with Gasteiger partial charge in [-0.2, -0.15) is 0 Å². The standard InChI is InChI=1S/C15H21N3O3/c1-21-13-10-18(9-12(13)7-14(16)19)15(20)5-4-11-3-2-6-17-8-11/h2-3,6,8,12-13H,4-5,7,9-10H2,1H3,(H2,16,19)/t12-,13+/m1/s1. The molecule has 114 valence electrons. The summed E-state index contributed by atoms with van der Waals surface area (Å²) in [4.78, 5) is 29.1. The molecule has 2 N–H and O–H groups in total. The first-order valence-electron chi connectivity index (χ1n) is 7.08. The minimum absolute atomic E-state index is 0.00478. The van der Waals surface area contributed by atoms with Crippen molar-refractivity contribution in [3.63, 3.8) is 0 Å². The number of aromatic nitrogens is 1. The Morgan fingerprint density at radius 1 is 1.48 bits per heavy atom. The number of nitrogens with zero attached hydrogens (tertiary/aromatic N) is 2. The van der Waals surface area contributed by atoms with Crippen LogP contribution < -0.4 is 5.73 Å². The second-order valence-corrected chi connectivity index (χ2v) is 5.36. The Labute approximate surface area is 124 Å². The summed E-state index contributed by atoms with van der Waals surface area (Å²) in [6, 6.07) is 3.82. The number of aryl methyl sites for hydroxylation is 1. The predicted molar refractivity (Wildman–Crippen MR) is 77.2 cm³/mol. The Hall–Kier alpha value is -1.95. The molecule has 0 radical (unpaired) electrons. The number of hydrogen-bond donors (Lipinski definition) is 1. The number of hydrogen-bond acceptors (Lipinski definition) is 4. The molecule has 1 saturated heterocycles. The number of methoxy groups -OCH3 is 1. The van der Waals surface area contributed by atoms with Crippen LogP contribution in [0.5, 0.6) is 0 Å². The zero-order valence-electron chi connectivity index (χ0n) is 12.2. The number of nitrogens with two attached hydrogens (primary N) is 1. The summed E-state index contributed by atoms with van der Waals surface area (Å²) in [7, 11) is 1.60. The molecule has 0 aliphatic carbocycles. The highest BCUT2D eigenvalue weighted by molar-refractivity contribution is 5.77. The molecular weight excluding hydrogens is 270 g/mol. The van der Waals surface area contributed by atoms with Crippen molar-refractivity contribution < 1.29 is 14.3 Å². The highest BCUT2D eigenvalue weighted by Gasteiger charge is 2.35. The summed E-state index contributed by atoms with van der Waals surface area (Å²) < 4.78 is 5.36. The quantitative estimate of drug-likeness (QED) is 0.820. The maximum absolute atomic E-state index is 12.2. The normalized spacial score (nSPS) is 21.5. The maximum Gasteiger partial charge on any atom is 0.223 e. The minimum atomic E-state index is -0.355. The molecule has 0 bridgehead atoms. The van der Waals surface area contributed by atoms with Gasteiger partial charge in [-0.3, -0.25) is 14.6 Å². The second-order valence-electron chi connectivity index (χ2n) is 5.36. The molecular formula is C15H21N3O3. The van der Waals surface area contributed by atoms with Crippen LogP contribution in [0.1, 0.15) is 18.4 Å². The molecule has 2 heterocycles. The average molecular weight is 291 g/mol. The molecule has 2 amide bonds. The Kier molecular flexibility index (Phi) is 5.27. The summed E-state index contributed by atoms with van der Waals surface area (Å²) >= 11 is 0. The van der Waals surface area contributed by atoms with Gasteiger partial charge >= 0.3 is 0 Å². The number of carbonyl (C=O) groups excluding carboxylic acids is 2. The fourth-order valence-electron chi connectivity index (χ4n) is 2.72.